The molecule has 0 saturated heterocycles. The zero-order valence-electron chi connectivity index (χ0n) is 18.3. The zero-order valence-corrected chi connectivity index (χ0v) is 19.2. The second-order valence-corrected chi connectivity index (χ2v) is 8.56. The number of thioether (sulfide) groups is 1. The number of phenols is 1. The third-order valence-corrected chi connectivity index (χ3v) is 6.34. The normalized spacial score (nSPS) is 14.3. The van der Waals surface area contributed by atoms with Crippen molar-refractivity contribution >= 4 is 17.4 Å². The Morgan fingerprint density at radius 1 is 1.16 bits per heavy atom. The van der Waals surface area contributed by atoms with Crippen LogP contribution >= 0.6 is 11.8 Å². The molecule has 2 aromatic carbocycles. The van der Waals surface area contributed by atoms with E-state index in [0.717, 1.165) is 41.8 Å². The first kappa shape index (κ1) is 22.0. The number of methoxy groups -OCH3 is 2. The van der Waals surface area contributed by atoms with Crippen LogP contribution in [0, 0.1) is 0 Å². The van der Waals surface area contributed by atoms with Crippen molar-refractivity contribution in [2.24, 2.45) is 0 Å². The van der Waals surface area contributed by atoms with Gasteiger partial charge >= 0.3 is 11.3 Å². The Kier molecular flexibility index (Phi) is 6.55. The maximum atomic E-state index is 13.2. The smallest absolute Gasteiger partial charge is 0.325 e. The first-order valence-electron chi connectivity index (χ1n) is 10.6. The first-order chi connectivity index (χ1) is 15.6. The summed E-state index contributed by atoms with van der Waals surface area (Å²) in [5.74, 6) is 1.36. The number of anilines is 1. The number of unbranched alkanes of at least 4 members (excludes halogenated alkanes) is 2. The molecule has 0 bridgehead atoms. The van der Waals surface area contributed by atoms with Gasteiger partial charge in [0, 0.05) is 10.9 Å². The van der Waals surface area contributed by atoms with Crippen LogP contribution in [0.25, 0.3) is 11.3 Å². The molecule has 1 atom stereocenters. The fraction of sp³-hybridized carbons (Fsp3) is 0.348. The largest absolute Gasteiger partial charge is 0.502 e. The Labute approximate surface area is 190 Å². The summed E-state index contributed by atoms with van der Waals surface area (Å²) in [6.07, 6.45) is 2.83. The number of hydrogen-bond acceptors (Lipinski definition) is 7. The summed E-state index contributed by atoms with van der Waals surface area (Å²) >= 11 is 1.54. The SMILES string of the molecule is CCCCCSc1n[n+]2c(c(=O)[nH]1)-c1ccccc1N[C@@H]2c1cc(OC)c(O)c(OC)c1. The number of phenolic OH excluding ortho intramolecular Hbond substituents is 1. The van der Waals surface area contributed by atoms with Crippen LogP contribution in [0.15, 0.2) is 46.3 Å². The fourth-order valence-corrected chi connectivity index (χ4v) is 4.62. The molecule has 0 saturated carbocycles. The number of ether oxygens (including phenoxy) is 2. The number of rotatable bonds is 8. The number of H-pyrrole nitrogens is 1. The summed E-state index contributed by atoms with van der Waals surface area (Å²) in [5, 5.41) is 19.2. The van der Waals surface area contributed by atoms with Crippen LogP contribution in [-0.2, 0) is 0 Å². The van der Waals surface area contributed by atoms with Gasteiger partial charge in [-0.1, -0.05) is 43.7 Å². The summed E-state index contributed by atoms with van der Waals surface area (Å²) in [6, 6.07) is 11.1. The molecular formula is C23H27N4O4S+. The van der Waals surface area contributed by atoms with Crippen LogP contribution in [0.3, 0.4) is 0 Å². The fourth-order valence-electron chi connectivity index (χ4n) is 3.77. The molecule has 0 unspecified atom stereocenters. The minimum Gasteiger partial charge on any atom is -0.502 e. The van der Waals surface area contributed by atoms with Gasteiger partial charge < -0.3 is 19.9 Å². The monoisotopic (exact) mass is 455 g/mol. The highest BCUT2D eigenvalue weighted by Gasteiger charge is 2.38. The predicted octanol–water partition coefficient (Wildman–Crippen LogP) is 3.70. The lowest BCUT2D eigenvalue weighted by atomic mass is 10.0. The van der Waals surface area contributed by atoms with Gasteiger partial charge in [0.2, 0.25) is 10.9 Å². The zero-order chi connectivity index (χ0) is 22.7. The van der Waals surface area contributed by atoms with Gasteiger partial charge in [0.1, 0.15) is 0 Å². The topological polar surface area (TPSA) is 100 Å². The van der Waals surface area contributed by atoms with Crippen molar-refractivity contribution in [2.75, 3.05) is 25.3 Å². The van der Waals surface area contributed by atoms with Gasteiger partial charge in [-0.15, -0.1) is 0 Å². The lowest BCUT2D eigenvalue weighted by molar-refractivity contribution is -0.759. The molecule has 2 heterocycles. The Bertz CT molecular complexity index is 1160. The maximum Gasteiger partial charge on any atom is 0.325 e. The van der Waals surface area contributed by atoms with Crippen LogP contribution in [0.4, 0.5) is 5.69 Å². The van der Waals surface area contributed by atoms with Gasteiger partial charge in [0.25, 0.3) is 6.17 Å². The number of para-hydroxylation sites is 1. The molecule has 1 aliphatic heterocycles. The average molecular weight is 456 g/mol. The third kappa shape index (κ3) is 4.12. The lowest BCUT2D eigenvalue weighted by Crippen LogP contribution is -2.55. The number of hydrogen-bond donors (Lipinski definition) is 3. The number of aromatic amines is 1. The molecule has 0 amide bonds. The standard InChI is InChI=1S/C23H26N4O4S/c1-4-5-8-11-32-23-25-22(29)19-15-9-6-7-10-16(15)24-21(27(19)26-23)14-12-17(30-2)20(28)18(13-14)31-3/h6-7,9-10,12-13,21H,4-5,8,11H2,1-3H3,(H2,25,26,28,29)/p+1/t21-/m0/s1. The van der Waals surface area contributed by atoms with E-state index in [-0.39, 0.29) is 22.8 Å². The van der Waals surface area contributed by atoms with E-state index < -0.39 is 6.17 Å². The van der Waals surface area contributed by atoms with Crippen molar-refractivity contribution < 1.29 is 19.3 Å². The highest BCUT2D eigenvalue weighted by atomic mass is 32.2. The van der Waals surface area contributed by atoms with Gasteiger partial charge in [-0.2, -0.15) is 0 Å². The van der Waals surface area contributed by atoms with Crippen molar-refractivity contribution in [3.05, 3.63) is 52.3 Å². The maximum absolute atomic E-state index is 13.2. The molecule has 168 valence electrons. The van der Waals surface area contributed by atoms with E-state index in [4.69, 9.17) is 14.6 Å². The van der Waals surface area contributed by atoms with Crippen molar-refractivity contribution in [1.82, 2.24) is 10.1 Å². The number of aromatic nitrogens is 3. The Hall–Kier alpha value is -3.20. The minimum absolute atomic E-state index is 0.0776. The van der Waals surface area contributed by atoms with Crippen molar-refractivity contribution in [1.29, 1.82) is 0 Å². The van der Waals surface area contributed by atoms with Gasteiger partial charge in [-0.05, 0) is 35.4 Å². The molecular weight excluding hydrogens is 428 g/mol. The number of fused-ring (bicyclic) bond motifs is 3. The number of nitrogens with one attached hydrogen (secondary N) is 2. The van der Waals surface area contributed by atoms with Crippen LogP contribution in [-0.4, -0.2) is 35.2 Å². The minimum atomic E-state index is -0.499. The van der Waals surface area contributed by atoms with E-state index in [9.17, 15) is 9.90 Å². The molecule has 9 heteroatoms. The van der Waals surface area contributed by atoms with Crippen molar-refractivity contribution in [3.8, 4) is 28.5 Å². The van der Waals surface area contributed by atoms with E-state index in [0.29, 0.717) is 10.9 Å². The summed E-state index contributed by atoms with van der Waals surface area (Å²) < 4.78 is 12.4. The average Bonchev–Trinajstić information content (AvgIpc) is 2.81. The molecule has 1 aromatic heterocycles. The molecule has 1 aliphatic rings. The Morgan fingerprint density at radius 3 is 2.56 bits per heavy atom. The number of aromatic hydroxyl groups is 1. The van der Waals surface area contributed by atoms with Gasteiger partial charge in [0.15, 0.2) is 11.5 Å². The molecule has 3 N–H and O–H groups in total. The number of benzene rings is 2. The third-order valence-electron chi connectivity index (χ3n) is 5.39. The first-order valence-corrected chi connectivity index (χ1v) is 11.6. The Balaban J connectivity index is 1.84. The van der Waals surface area contributed by atoms with E-state index in [2.05, 4.69) is 17.2 Å². The second kappa shape index (κ2) is 9.52. The second-order valence-electron chi connectivity index (χ2n) is 7.47. The van der Waals surface area contributed by atoms with Gasteiger partial charge in [-0.3, -0.25) is 9.78 Å². The van der Waals surface area contributed by atoms with Crippen molar-refractivity contribution in [3.63, 3.8) is 0 Å². The molecule has 0 radical (unpaired) electrons. The molecule has 0 spiro atoms. The van der Waals surface area contributed by atoms with Crippen molar-refractivity contribution in [2.45, 2.75) is 37.5 Å². The van der Waals surface area contributed by atoms with Gasteiger partial charge in [-0.25, -0.2) is 0 Å². The molecule has 0 aliphatic carbocycles. The summed E-state index contributed by atoms with van der Waals surface area (Å²) in [6.45, 7) is 2.16. The molecule has 0 fully saturated rings. The molecule has 4 rings (SSSR count). The quantitative estimate of drug-likeness (QED) is 0.270. The molecule has 3 aromatic rings. The van der Waals surface area contributed by atoms with E-state index in [1.165, 1.54) is 26.0 Å². The molecule has 32 heavy (non-hydrogen) atoms. The van der Waals surface area contributed by atoms with Crippen LogP contribution in [0.2, 0.25) is 0 Å². The predicted molar refractivity (Wildman–Crippen MR) is 124 cm³/mol. The molecule has 8 nitrogen and oxygen atoms in total. The highest BCUT2D eigenvalue weighted by molar-refractivity contribution is 7.99. The van der Waals surface area contributed by atoms with E-state index >= 15 is 0 Å². The van der Waals surface area contributed by atoms with Crippen LogP contribution in [0.5, 0.6) is 17.2 Å². The summed E-state index contributed by atoms with van der Waals surface area (Å²) in [7, 11) is 2.97. The van der Waals surface area contributed by atoms with E-state index in [1.54, 1.807) is 16.8 Å². The van der Waals surface area contributed by atoms with E-state index in [1.807, 2.05) is 24.3 Å². The van der Waals surface area contributed by atoms with Crippen LogP contribution in [0.1, 0.15) is 37.9 Å². The lowest BCUT2D eigenvalue weighted by Gasteiger charge is -2.23. The van der Waals surface area contributed by atoms with Gasteiger partial charge in [0.05, 0.1) is 31.0 Å². The summed E-state index contributed by atoms with van der Waals surface area (Å²) in [5.41, 5.74) is 2.59. The number of nitrogens with zero attached hydrogens (tertiary/aromatic N) is 2. The van der Waals surface area contributed by atoms with Crippen LogP contribution < -0.4 is 25.0 Å². The Morgan fingerprint density at radius 2 is 1.88 bits per heavy atom. The summed E-state index contributed by atoms with van der Waals surface area (Å²) in [4.78, 5) is 16.1. The highest BCUT2D eigenvalue weighted by Crippen LogP contribution is 2.40.